The van der Waals surface area contributed by atoms with Gasteiger partial charge in [-0.1, -0.05) is 57.9 Å². The lowest BCUT2D eigenvalue weighted by atomic mass is 10.1. The Hall–Kier alpha value is -3.41. The molecule has 3 aromatic carbocycles. The average Bonchev–Trinajstić information content (AvgIpc) is 3.30. The summed E-state index contributed by atoms with van der Waals surface area (Å²) in [6.07, 6.45) is 0. The lowest BCUT2D eigenvalue weighted by Crippen LogP contribution is -2.13. The van der Waals surface area contributed by atoms with E-state index in [1.165, 1.54) is 0 Å². The number of rotatable bonds is 4. The second kappa shape index (κ2) is 8.61. The number of pyridine rings is 1. The molecule has 0 aliphatic heterocycles. The monoisotopic (exact) mass is 502 g/mol. The Morgan fingerprint density at radius 2 is 1.59 bits per heavy atom. The van der Waals surface area contributed by atoms with Crippen molar-refractivity contribution in [3.63, 3.8) is 0 Å². The minimum absolute atomic E-state index is 0.218. The molecule has 0 spiro atoms. The molecule has 5 rings (SSSR count). The van der Waals surface area contributed by atoms with E-state index in [-0.39, 0.29) is 5.91 Å². The van der Waals surface area contributed by atoms with Crippen molar-refractivity contribution in [2.24, 2.45) is 0 Å². The van der Waals surface area contributed by atoms with Gasteiger partial charge in [-0.25, -0.2) is 4.98 Å². The molecule has 0 radical (unpaired) electrons. The Morgan fingerprint density at radius 1 is 0.875 bits per heavy atom. The SMILES string of the molecule is O=C(Nc1ccc(Br)cc1)c1cc(-c2ccc(-c3ccccc3Cl)o2)nc2ccccc12. The van der Waals surface area contributed by atoms with E-state index in [0.717, 1.165) is 15.4 Å². The van der Waals surface area contributed by atoms with Gasteiger partial charge in [0.1, 0.15) is 11.5 Å². The summed E-state index contributed by atoms with van der Waals surface area (Å²) in [6.45, 7) is 0. The number of nitrogens with one attached hydrogen (secondary N) is 1. The zero-order valence-corrected chi connectivity index (χ0v) is 19.0. The van der Waals surface area contributed by atoms with Gasteiger partial charge in [-0.2, -0.15) is 0 Å². The Morgan fingerprint density at radius 3 is 2.41 bits per heavy atom. The fourth-order valence-corrected chi connectivity index (χ4v) is 4.00. The van der Waals surface area contributed by atoms with Crippen LogP contribution in [-0.4, -0.2) is 10.9 Å². The number of furan rings is 1. The number of anilines is 1. The molecule has 0 saturated carbocycles. The van der Waals surface area contributed by atoms with Crippen molar-refractivity contribution >= 4 is 50.0 Å². The number of hydrogen-bond acceptors (Lipinski definition) is 3. The van der Waals surface area contributed by atoms with Crippen molar-refractivity contribution in [2.75, 3.05) is 5.32 Å². The van der Waals surface area contributed by atoms with Gasteiger partial charge >= 0.3 is 0 Å². The molecule has 5 aromatic rings. The van der Waals surface area contributed by atoms with Gasteiger partial charge in [0.2, 0.25) is 0 Å². The van der Waals surface area contributed by atoms with E-state index in [0.29, 0.717) is 39.0 Å². The molecule has 1 N–H and O–H groups in total. The quantitative estimate of drug-likeness (QED) is 0.272. The number of hydrogen-bond donors (Lipinski definition) is 1. The van der Waals surface area contributed by atoms with Crippen LogP contribution in [0, 0.1) is 0 Å². The van der Waals surface area contributed by atoms with Crippen LogP contribution in [0.3, 0.4) is 0 Å². The Bertz CT molecular complexity index is 1440. The summed E-state index contributed by atoms with van der Waals surface area (Å²) in [5.41, 5.74) is 3.31. The minimum atomic E-state index is -0.218. The Balaban J connectivity index is 1.56. The van der Waals surface area contributed by atoms with E-state index < -0.39 is 0 Å². The molecule has 1 amide bonds. The molecule has 0 aliphatic carbocycles. The molecule has 4 nitrogen and oxygen atoms in total. The van der Waals surface area contributed by atoms with Crippen molar-refractivity contribution in [2.45, 2.75) is 0 Å². The summed E-state index contributed by atoms with van der Waals surface area (Å²) in [6, 6.07) is 27.9. The van der Waals surface area contributed by atoms with Crippen LogP contribution in [0.4, 0.5) is 5.69 Å². The zero-order valence-electron chi connectivity index (χ0n) is 16.7. The molecular formula is C26H16BrClN2O2. The van der Waals surface area contributed by atoms with Crippen molar-refractivity contribution in [3.05, 3.63) is 106 Å². The first kappa shape index (κ1) is 20.5. The van der Waals surface area contributed by atoms with E-state index in [4.69, 9.17) is 21.0 Å². The van der Waals surface area contributed by atoms with Crippen molar-refractivity contribution in [1.29, 1.82) is 0 Å². The van der Waals surface area contributed by atoms with Crippen LogP contribution in [0.15, 0.2) is 99.9 Å². The first-order valence-electron chi connectivity index (χ1n) is 9.90. The van der Waals surface area contributed by atoms with Gasteiger partial charge in [-0.3, -0.25) is 4.79 Å². The molecule has 0 fully saturated rings. The van der Waals surface area contributed by atoms with E-state index >= 15 is 0 Å². The molecule has 32 heavy (non-hydrogen) atoms. The fraction of sp³-hybridized carbons (Fsp3) is 0. The largest absolute Gasteiger partial charge is 0.454 e. The van der Waals surface area contributed by atoms with Crippen LogP contribution >= 0.6 is 27.5 Å². The smallest absolute Gasteiger partial charge is 0.256 e. The third-order valence-corrected chi connectivity index (χ3v) is 5.92. The predicted molar refractivity (Wildman–Crippen MR) is 132 cm³/mol. The van der Waals surface area contributed by atoms with Crippen LogP contribution in [-0.2, 0) is 0 Å². The second-order valence-corrected chi connectivity index (χ2v) is 8.50. The van der Waals surface area contributed by atoms with E-state index in [1.54, 1.807) is 6.07 Å². The summed E-state index contributed by atoms with van der Waals surface area (Å²) >= 11 is 9.72. The van der Waals surface area contributed by atoms with Crippen LogP contribution in [0.2, 0.25) is 5.02 Å². The third kappa shape index (κ3) is 4.05. The van der Waals surface area contributed by atoms with E-state index in [1.807, 2.05) is 84.9 Å². The molecule has 2 heterocycles. The lowest BCUT2D eigenvalue weighted by molar-refractivity contribution is 0.102. The number of benzene rings is 3. The van der Waals surface area contributed by atoms with Crippen molar-refractivity contribution in [3.8, 4) is 22.8 Å². The van der Waals surface area contributed by atoms with Gasteiger partial charge < -0.3 is 9.73 Å². The summed E-state index contributed by atoms with van der Waals surface area (Å²) in [5.74, 6) is 0.981. The van der Waals surface area contributed by atoms with Gasteiger partial charge in [-0.15, -0.1) is 0 Å². The predicted octanol–water partition coefficient (Wildman–Crippen LogP) is 7.83. The second-order valence-electron chi connectivity index (χ2n) is 7.18. The van der Waals surface area contributed by atoms with Crippen molar-refractivity contribution in [1.82, 2.24) is 4.98 Å². The molecule has 0 bridgehead atoms. The summed E-state index contributed by atoms with van der Waals surface area (Å²) < 4.78 is 7.01. The molecule has 6 heteroatoms. The molecule has 0 saturated heterocycles. The highest BCUT2D eigenvalue weighted by molar-refractivity contribution is 9.10. The fourth-order valence-electron chi connectivity index (χ4n) is 3.50. The molecule has 156 valence electrons. The third-order valence-electron chi connectivity index (χ3n) is 5.06. The highest BCUT2D eigenvalue weighted by Gasteiger charge is 2.17. The number of fused-ring (bicyclic) bond motifs is 1. The lowest BCUT2D eigenvalue weighted by Gasteiger charge is -2.10. The van der Waals surface area contributed by atoms with Crippen molar-refractivity contribution < 1.29 is 9.21 Å². The maximum Gasteiger partial charge on any atom is 0.256 e. The zero-order chi connectivity index (χ0) is 22.1. The van der Waals surface area contributed by atoms with E-state index in [2.05, 4.69) is 21.2 Å². The van der Waals surface area contributed by atoms with Crippen LogP contribution in [0.1, 0.15) is 10.4 Å². The standard InChI is InChI=1S/C26H16BrClN2O2/c27-16-9-11-17(12-10-16)29-26(31)20-15-23(30-22-8-4-2-5-18(20)22)25-14-13-24(32-25)19-6-1-3-7-21(19)28/h1-15H,(H,29,31). The minimum Gasteiger partial charge on any atom is -0.454 e. The van der Waals surface area contributed by atoms with Crippen LogP contribution in [0.25, 0.3) is 33.7 Å². The van der Waals surface area contributed by atoms with Gasteiger partial charge in [0, 0.05) is 21.1 Å². The van der Waals surface area contributed by atoms with Gasteiger partial charge in [0.15, 0.2) is 5.76 Å². The molecule has 0 aliphatic rings. The number of aromatic nitrogens is 1. The van der Waals surface area contributed by atoms with Gasteiger partial charge in [0.25, 0.3) is 5.91 Å². The summed E-state index contributed by atoms with van der Waals surface area (Å²) in [4.78, 5) is 17.9. The molecule has 0 atom stereocenters. The number of nitrogens with zero attached hydrogens (tertiary/aromatic N) is 1. The van der Waals surface area contributed by atoms with Crippen LogP contribution in [0.5, 0.6) is 0 Å². The number of carbonyl (C=O) groups is 1. The maximum absolute atomic E-state index is 13.2. The van der Waals surface area contributed by atoms with Gasteiger partial charge in [-0.05, 0) is 60.7 Å². The normalized spacial score (nSPS) is 10.9. The highest BCUT2D eigenvalue weighted by atomic mass is 79.9. The Kier molecular flexibility index (Phi) is 5.52. The topological polar surface area (TPSA) is 55.1 Å². The number of amides is 1. The maximum atomic E-state index is 13.2. The van der Waals surface area contributed by atoms with E-state index in [9.17, 15) is 4.79 Å². The highest BCUT2D eigenvalue weighted by Crippen LogP contribution is 2.33. The number of para-hydroxylation sites is 1. The molecule has 0 unspecified atom stereocenters. The number of carbonyl (C=O) groups excluding carboxylic acids is 1. The molecule has 2 aromatic heterocycles. The summed E-state index contributed by atoms with van der Waals surface area (Å²) in [7, 11) is 0. The van der Waals surface area contributed by atoms with Crippen LogP contribution < -0.4 is 5.32 Å². The summed E-state index contributed by atoms with van der Waals surface area (Å²) in [5, 5.41) is 4.33. The first-order valence-corrected chi connectivity index (χ1v) is 11.1. The first-order chi connectivity index (χ1) is 15.6. The molecular weight excluding hydrogens is 488 g/mol. The van der Waals surface area contributed by atoms with Gasteiger partial charge in [0.05, 0.1) is 16.1 Å². The number of halogens is 2. The Labute approximate surface area is 198 Å². The average molecular weight is 504 g/mol.